The van der Waals surface area contributed by atoms with Crippen molar-refractivity contribution < 1.29 is 19.4 Å². The SMILES string of the molecule is CC12CCCCCC(Cc3ccc(CCCCC(=O)Oc4ccc5c(c4)C4(C)CCCCCC(C5)C4N)cc31)C2N.O=CO. The summed E-state index contributed by atoms with van der Waals surface area (Å²) in [6.45, 7) is 4.50. The third-order valence-electron chi connectivity index (χ3n) is 11.8. The highest BCUT2D eigenvalue weighted by Gasteiger charge is 2.45. The zero-order chi connectivity index (χ0) is 31.3. The Morgan fingerprint density at radius 3 is 1.98 bits per heavy atom. The second-order valence-corrected chi connectivity index (χ2v) is 14.6. The molecule has 0 aromatic heterocycles. The third-order valence-corrected chi connectivity index (χ3v) is 11.8. The number of nitrogens with two attached hydrogens (primary N) is 2. The van der Waals surface area contributed by atoms with Crippen LogP contribution < -0.4 is 16.2 Å². The fraction of sp³-hybridized carbons (Fsp3) is 0.632. The van der Waals surface area contributed by atoms with Crippen molar-refractivity contribution in [2.45, 2.75) is 139 Å². The van der Waals surface area contributed by atoms with E-state index in [2.05, 4.69) is 44.2 Å². The molecule has 240 valence electrons. The number of carbonyl (C=O) groups excluding carboxylic acids is 1. The summed E-state index contributed by atoms with van der Waals surface area (Å²) in [5.74, 6) is 1.73. The van der Waals surface area contributed by atoms with Gasteiger partial charge in [-0.15, -0.1) is 0 Å². The van der Waals surface area contributed by atoms with Gasteiger partial charge in [-0.3, -0.25) is 9.59 Å². The average molecular weight is 603 g/mol. The summed E-state index contributed by atoms with van der Waals surface area (Å²) < 4.78 is 5.88. The van der Waals surface area contributed by atoms with E-state index < -0.39 is 0 Å². The van der Waals surface area contributed by atoms with E-state index in [1.807, 2.05) is 6.07 Å². The van der Waals surface area contributed by atoms with E-state index in [1.165, 1.54) is 85.6 Å². The van der Waals surface area contributed by atoms with Gasteiger partial charge in [0.05, 0.1) is 0 Å². The van der Waals surface area contributed by atoms with Crippen LogP contribution in [0.5, 0.6) is 5.75 Å². The van der Waals surface area contributed by atoms with Crippen molar-refractivity contribution in [3.05, 3.63) is 64.2 Å². The summed E-state index contributed by atoms with van der Waals surface area (Å²) in [7, 11) is 0. The Labute approximate surface area is 264 Å². The number of fused-ring (bicyclic) bond motifs is 8. The van der Waals surface area contributed by atoms with Crippen LogP contribution in [-0.2, 0) is 39.7 Å². The number of esters is 1. The van der Waals surface area contributed by atoms with Gasteiger partial charge < -0.3 is 21.3 Å². The lowest BCUT2D eigenvalue weighted by molar-refractivity contribution is -0.134. The highest BCUT2D eigenvalue weighted by Crippen LogP contribution is 2.47. The molecule has 6 heteroatoms. The van der Waals surface area contributed by atoms with Crippen LogP contribution >= 0.6 is 0 Å². The van der Waals surface area contributed by atoms with Crippen LogP contribution in [0.25, 0.3) is 0 Å². The van der Waals surface area contributed by atoms with Gasteiger partial charge in [0, 0.05) is 29.3 Å². The number of hydrogen-bond acceptors (Lipinski definition) is 5. The van der Waals surface area contributed by atoms with Gasteiger partial charge in [0.1, 0.15) is 5.75 Å². The lowest BCUT2D eigenvalue weighted by atomic mass is 9.60. The van der Waals surface area contributed by atoms with Gasteiger partial charge in [0.2, 0.25) is 0 Å². The molecule has 0 amide bonds. The monoisotopic (exact) mass is 602 g/mol. The Morgan fingerprint density at radius 2 is 1.39 bits per heavy atom. The van der Waals surface area contributed by atoms with Crippen molar-refractivity contribution in [3.63, 3.8) is 0 Å². The summed E-state index contributed by atoms with van der Waals surface area (Å²) in [4.78, 5) is 21.2. The van der Waals surface area contributed by atoms with Crippen molar-refractivity contribution in [2.75, 3.05) is 0 Å². The fourth-order valence-corrected chi connectivity index (χ4v) is 9.13. The highest BCUT2D eigenvalue weighted by molar-refractivity contribution is 5.72. The molecular weight excluding hydrogens is 548 g/mol. The van der Waals surface area contributed by atoms with Crippen LogP contribution in [0, 0.1) is 11.8 Å². The van der Waals surface area contributed by atoms with Crippen LogP contribution in [0.1, 0.15) is 125 Å². The standard InChI is InChI=1S/C37H52N2O2.CH2O2/c1-36-19-9-3-5-12-28(34(36)38)22-26-16-15-25(21-31(26)36)11-7-8-14-33(40)41-30-18-17-27-23-29-13-6-4-10-20-37(2,35(29)39)32(27)24-30;2-1-3/h15-18,21,24,28-29,34-35H,3-14,19-20,22-23,38-39H2,1-2H3;1H,(H,2,3). The van der Waals surface area contributed by atoms with Gasteiger partial charge >= 0.3 is 5.97 Å². The number of carbonyl (C=O) groups is 2. The highest BCUT2D eigenvalue weighted by atomic mass is 16.5. The Balaban J connectivity index is 0.00000123. The molecule has 0 spiro atoms. The zero-order valence-electron chi connectivity index (χ0n) is 27.0. The maximum absolute atomic E-state index is 12.8. The van der Waals surface area contributed by atoms with Gasteiger partial charge in [-0.05, 0) is 110 Å². The Morgan fingerprint density at radius 1 is 0.841 bits per heavy atom. The smallest absolute Gasteiger partial charge is 0.311 e. The number of rotatable bonds is 6. The van der Waals surface area contributed by atoms with Gasteiger partial charge in [-0.2, -0.15) is 0 Å². The molecule has 4 aliphatic rings. The van der Waals surface area contributed by atoms with E-state index >= 15 is 0 Å². The molecule has 0 aliphatic heterocycles. The van der Waals surface area contributed by atoms with Gasteiger partial charge in [0.25, 0.3) is 6.47 Å². The van der Waals surface area contributed by atoms with E-state index in [1.54, 1.807) is 0 Å². The Kier molecular flexibility index (Phi) is 10.5. The molecule has 0 heterocycles. The molecule has 2 saturated carbocycles. The predicted octanol–water partition coefficient (Wildman–Crippen LogP) is 7.15. The molecule has 6 rings (SSSR count). The van der Waals surface area contributed by atoms with Crippen molar-refractivity contribution in [3.8, 4) is 5.75 Å². The van der Waals surface area contributed by atoms with E-state index in [4.69, 9.17) is 26.1 Å². The lowest BCUT2D eigenvalue weighted by Crippen LogP contribution is -2.52. The number of aryl methyl sites for hydroxylation is 1. The molecule has 44 heavy (non-hydrogen) atoms. The molecule has 0 saturated heterocycles. The second kappa shape index (κ2) is 14.2. The number of benzene rings is 2. The molecule has 5 N–H and O–H groups in total. The summed E-state index contributed by atoms with van der Waals surface area (Å²) in [5.41, 5.74) is 20.9. The van der Waals surface area contributed by atoms with E-state index in [9.17, 15) is 4.79 Å². The van der Waals surface area contributed by atoms with Crippen molar-refractivity contribution in [1.29, 1.82) is 0 Å². The minimum atomic E-state index is -0.250. The van der Waals surface area contributed by atoms with Crippen molar-refractivity contribution in [1.82, 2.24) is 0 Å². The maximum Gasteiger partial charge on any atom is 0.311 e. The lowest BCUT2D eigenvalue weighted by Gasteiger charge is -2.47. The molecular formula is C38H54N2O4. The van der Waals surface area contributed by atoms with E-state index in [0.29, 0.717) is 24.0 Å². The third kappa shape index (κ3) is 6.77. The van der Waals surface area contributed by atoms with Crippen LogP contribution in [0.15, 0.2) is 36.4 Å². The van der Waals surface area contributed by atoms with E-state index in [-0.39, 0.29) is 35.4 Å². The normalized spacial score (nSPS) is 30.9. The molecule has 2 fully saturated rings. The first-order chi connectivity index (χ1) is 21.2. The summed E-state index contributed by atoms with van der Waals surface area (Å²) >= 11 is 0. The molecule has 6 atom stereocenters. The summed E-state index contributed by atoms with van der Waals surface area (Å²) in [5, 5.41) is 6.89. The average Bonchev–Trinajstić information content (AvgIpc) is 3.00. The number of ether oxygens (including phenoxy) is 1. The first kappa shape index (κ1) is 32.7. The van der Waals surface area contributed by atoms with Crippen molar-refractivity contribution in [2.24, 2.45) is 23.3 Å². The minimum Gasteiger partial charge on any atom is -0.483 e. The molecule has 2 aromatic rings. The molecule has 4 aliphatic carbocycles. The number of unbranched alkanes of at least 4 members (excludes halogenated alkanes) is 1. The van der Waals surface area contributed by atoms with Gasteiger partial charge in [0.15, 0.2) is 0 Å². The minimum absolute atomic E-state index is 0.0339. The van der Waals surface area contributed by atoms with Crippen LogP contribution in [0.3, 0.4) is 0 Å². The van der Waals surface area contributed by atoms with E-state index in [0.717, 1.165) is 38.5 Å². The number of carboxylic acid groups (broad SMARTS) is 1. The summed E-state index contributed by atoms with van der Waals surface area (Å²) in [6, 6.07) is 13.9. The van der Waals surface area contributed by atoms with Crippen LogP contribution in [0.4, 0.5) is 0 Å². The molecule has 4 bridgehead atoms. The predicted molar refractivity (Wildman–Crippen MR) is 176 cm³/mol. The Hall–Kier alpha value is -2.70. The second-order valence-electron chi connectivity index (χ2n) is 14.6. The van der Waals surface area contributed by atoms with Crippen LogP contribution in [-0.4, -0.2) is 29.6 Å². The fourth-order valence-electron chi connectivity index (χ4n) is 9.13. The molecule has 6 nitrogen and oxygen atoms in total. The maximum atomic E-state index is 12.8. The quantitative estimate of drug-likeness (QED) is 0.140. The first-order valence-corrected chi connectivity index (χ1v) is 17.2. The topological polar surface area (TPSA) is 116 Å². The van der Waals surface area contributed by atoms with Crippen LogP contribution in [0.2, 0.25) is 0 Å². The molecule has 6 unspecified atom stereocenters. The Bertz CT molecular complexity index is 1310. The zero-order valence-corrected chi connectivity index (χ0v) is 27.0. The first-order valence-electron chi connectivity index (χ1n) is 17.2. The molecule has 0 radical (unpaired) electrons. The summed E-state index contributed by atoms with van der Waals surface area (Å²) in [6.07, 6.45) is 18.0. The van der Waals surface area contributed by atoms with Crippen molar-refractivity contribution >= 4 is 12.4 Å². The molecule has 2 aromatic carbocycles. The number of hydrogen-bond donors (Lipinski definition) is 3. The largest absolute Gasteiger partial charge is 0.483 e. The van der Waals surface area contributed by atoms with Gasteiger partial charge in [-0.1, -0.05) is 76.6 Å². The van der Waals surface area contributed by atoms with Gasteiger partial charge in [-0.25, -0.2) is 0 Å².